The standard InChI is InChI=1S/C26H25F2N5OS/c1-32-7-9-33(10-8-32)26-22-12-19(3-5-24(22)30-17-31-26)20-11-18(14-29-15-20)16-35(2,34)25-6-4-21(27)13-23(25)28/h3-6,11-15,17H,2,7-10,16H2,1H3. The highest BCUT2D eigenvalue weighted by atomic mass is 32.2. The fraction of sp³-hybridized carbons (Fsp3) is 0.231. The molecular formula is C26H25F2N5OS. The Morgan fingerprint density at radius 2 is 1.77 bits per heavy atom. The van der Waals surface area contributed by atoms with Crippen LogP contribution in [-0.2, 0) is 15.3 Å². The molecule has 3 heterocycles. The second-order valence-electron chi connectivity index (χ2n) is 8.83. The molecule has 0 spiro atoms. The average molecular weight is 494 g/mol. The molecule has 180 valence electrons. The molecule has 4 aromatic rings. The predicted molar refractivity (Wildman–Crippen MR) is 136 cm³/mol. The smallest absolute Gasteiger partial charge is 0.141 e. The minimum atomic E-state index is -3.03. The van der Waals surface area contributed by atoms with Gasteiger partial charge in [-0.2, -0.15) is 0 Å². The van der Waals surface area contributed by atoms with E-state index in [9.17, 15) is 13.0 Å². The summed E-state index contributed by atoms with van der Waals surface area (Å²) in [5, 5.41) is 0.953. The molecule has 9 heteroatoms. The maximum Gasteiger partial charge on any atom is 0.141 e. The minimum absolute atomic E-state index is 0.0143. The van der Waals surface area contributed by atoms with E-state index >= 15 is 0 Å². The van der Waals surface area contributed by atoms with E-state index in [-0.39, 0.29) is 10.6 Å². The van der Waals surface area contributed by atoms with E-state index in [0.717, 1.165) is 66.2 Å². The van der Waals surface area contributed by atoms with Gasteiger partial charge in [-0.25, -0.2) is 18.7 Å². The average Bonchev–Trinajstić information content (AvgIpc) is 2.83. The molecule has 0 N–H and O–H groups in total. The summed E-state index contributed by atoms with van der Waals surface area (Å²) in [4.78, 5) is 17.8. The van der Waals surface area contributed by atoms with Gasteiger partial charge in [0, 0.05) is 70.9 Å². The third-order valence-corrected chi connectivity index (χ3v) is 8.17. The van der Waals surface area contributed by atoms with Gasteiger partial charge in [0.2, 0.25) is 0 Å². The summed E-state index contributed by atoms with van der Waals surface area (Å²) in [6.45, 7) is 3.72. The highest BCUT2D eigenvalue weighted by molar-refractivity contribution is 7.99. The molecule has 1 aliphatic rings. The van der Waals surface area contributed by atoms with Crippen LogP contribution in [0.3, 0.4) is 0 Å². The van der Waals surface area contributed by atoms with Crippen LogP contribution in [0.25, 0.3) is 22.0 Å². The first-order chi connectivity index (χ1) is 16.8. The van der Waals surface area contributed by atoms with Gasteiger partial charge >= 0.3 is 0 Å². The predicted octanol–water partition coefficient (Wildman–Crippen LogP) is 4.00. The highest BCUT2D eigenvalue weighted by Crippen LogP contribution is 2.30. The van der Waals surface area contributed by atoms with Crippen molar-refractivity contribution >= 4 is 32.1 Å². The van der Waals surface area contributed by atoms with Crippen molar-refractivity contribution in [1.82, 2.24) is 19.9 Å². The van der Waals surface area contributed by atoms with E-state index in [0.29, 0.717) is 5.56 Å². The van der Waals surface area contributed by atoms with Crippen LogP contribution in [0, 0.1) is 11.6 Å². The Hall–Kier alpha value is -3.43. The van der Waals surface area contributed by atoms with Gasteiger partial charge in [0.05, 0.1) is 10.4 Å². The first-order valence-electron chi connectivity index (χ1n) is 11.2. The Kier molecular flexibility index (Phi) is 6.21. The first kappa shape index (κ1) is 23.3. The van der Waals surface area contributed by atoms with E-state index in [1.54, 1.807) is 18.7 Å². The lowest BCUT2D eigenvalue weighted by atomic mass is 10.0. The summed E-state index contributed by atoms with van der Waals surface area (Å²) in [6.07, 6.45) is 4.92. The Labute approximate surface area is 203 Å². The minimum Gasteiger partial charge on any atom is -0.353 e. The van der Waals surface area contributed by atoms with Crippen LogP contribution >= 0.6 is 0 Å². The molecule has 1 unspecified atom stereocenters. The highest BCUT2D eigenvalue weighted by Gasteiger charge is 2.19. The van der Waals surface area contributed by atoms with Crippen LogP contribution in [0.4, 0.5) is 14.6 Å². The molecule has 2 aromatic carbocycles. The molecule has 1 fully saturated rings. The van der Waals surface area contributed by atoms with Gasteiger partial charge < -0.3 is 9.80 Å². The van der Waals surface area contributed by atoms with Crippen LogP contribution in [-0.4, -0.2) is 63.2 Å². The van der Waals surface area contributed by atoms with Crippen molar-refractivity contribution in [3.63, 3.8) is 0 Å². The second kappa shape index (κ2) is 9.31. The number of fused-ring (bicyclic) bond motifs is 1. The van der Waals surface area contributed by atoms with Crippen molar-refractivity contribution in [3.05, 3.63) is 78.4 Å². The first-order valence-corrected chi connectivity index (χ1v) is 13.1. The summed E-state index contributed by atoms with van der Waals surface area (Å²) in [5.41, 5.74) is 3.25. The molecule has 6 nitrogen and oxygen atoms in total. The van der Waals surface area contributed by atoms with Crippen LogP contribution in [0.1, 0.15) is 5.56 Å². The molecule has 35 heavy (non-hydrogen) atoms. The molecule has 2 aromatic heterocycles. The van der Waals surface area contributed by atoms with Gasteiger partial charge in [-0.1, -0.05) is 6.07 Å². The van der Waals surface area contributed by atoms with Gasteiger partial charge in [-0.15, -0.1) is 0 Å². The Morgan fingerprint density at radius 3 is 2.54 bits per heavy atom. The number of aromatic nitrogens is 3. The van der Waals surface area contributed by atoms with E-state index in [1.807, 2.05) is 24.3 Å². The molecule has 0 aliphatic carbocycles. The van der Waals surface area contributed by atoms with Gasteiger partial charge in [-0.05, 0) is 54.4 Å². The number of rotatable bonds is 5. The topological polar surface area (TPSA) is 62.2 Å². The summed E-state index contributed by atoms with van der Waals surface area (Å²) in [5.74, 6) is 3.06. The van der Waals surface area contributed by atoms with E-state index in [4.69, 9.17) is 0 Å². The normalized spacial score (nSPS) is 16.4. The number of piperazine rings is 1. The Morgan fingerprint density at radius 1 is 0.971 bits per heavy atom. The lowest BCUT2D eigenvalue weighted by molar-refractivity contribution is 0.312. The second-order valence-corrected chi connectivity index (χ2v) is 11.2. The maximum atomic E-state index is 14.3. The van der Waals surface area contributed by atoms with Crippen molar-refractivity contribution in [2.75, 3.05) is 38.1 Å². The van der Waals surface area contributed by atoms with E-state index < -0.39 is 21.2 Å². The van der Waals surface area contributed by atoms with Crippen molar-refractivity contribution in [1.29, 1.82) is 0 Å². The number of likely N-dealkylation sites (N-methyl/N-ethyl adjacent to an activating group) is 1. The zero-order valence-electron chi connectivity index (χ0n) is 19.3. The molecule has 1 saturated heterocycles. The third-order valence-electron chi connectivity index (χ3n) is 6.24. The molecule has 0 amide bonds. The maximum absolute atomic E-state index is 14.3. The van der Waals surface area contributed by atoms with Crippen molar-refractivity contribution in [2.24, 2.45) is 0 Å². The van der Waals surface area contributed by atoms with Gasteiger partial charge in [0.25, 0.3) is 0 Å². The molecule has 0 radical (unpaired) electrons. The molecule has 0 bridgehead atoms. The number of hydrogen-bond acceptors (Lipinski definition) is 6. The fourth-order valence-corrected chi connectivity index (χ4v) is 5.92. The zero-order valence-corrected chi connectivity index (χ0v) is 20.1. The number of pyridine rings is 1. The van der Waals surface area contributed by atoms with E-state index in [2.05, 4.69) is 37.7 Å². The van der Waals surface area contributed by atoms with Crippen molar-refractivity contribution in [3.8, 4) is 11.1 Å². The van der Waals surface area contributed by atoms with Gasteiger partial charge in [-0.3, -0.25) is 9.19 Å². The lowest BCUT2D eigenvalue weighted by Gasteiger charge is -2.33. The summed E-state index contributed by atoms with van der Waals surface area (Å²) in [6, 6.07) is 10.9. The molecule has 0 saturated carbocycles. The van der Waals surface area contributed by atoms with Crippen LogP contribution < -0.4 is 4.90 Å². The summed E-state index contributed by atoms with van der Waals surface area (Å²) < 4.78 is 40.8. The molecule has 5 rings (SSSR count). The van der Waals surface area contributed by atoms with Crippen molar-refractivity contribution in [2.45, 2.75) is 10.6 Å². The number of benzene rings is 2. The monoisotopic (exact) mass is 493 g/mol. The number of halogens is 2. The fourth-order valence-electron chi connectivity index (χ4n) is 4.34. The van der Waals surface area contributed by atoms with Gasteiger partial charge in [0.1, 0.15) is 23.8 Å². The summed E-state index contributed by atoms with van der Waals surface area (Å²) >= 11 is 0. The number of hydrogen-bond donors (Lipinski definition) is 0. The van der Waals surface area contributed by atoms with Crippen LogP contribution in [0.15, 0.2) is 66.1 Å². The van der Waals surface area contributed by atoms with Gasteiger partial charge in [0.15, 0.2) is 0 Å². The number of anilines is 1. The molecule has 1 atom stereocenters. The lowest BCUT2D eigenvalue weighted by Crippen LogP contribution is -2.44. The quantitative estimate of drug-likeness (QED) is 0.392. The number of nitrogens with zero attached hydrogens (tertiary/aromatic N) is 5. The zero-order chi connectivity index (χ0) is 24.6. The molecular weight excluding hydrogens is 468 g/mol. The van der Waals surface area contributed by atoms with Crippen molar-refractivity contribution < 1.29 is 13.0 Å². The largest absolute Gasteiger partial charge is 0.353 e. The Bertz CT molecular complexity index is 1500. The van der Waals surface area contributed by atoms with Crippen LogP contribution in [0.5, 0.6) is 0 Å². The summed E-state index contributed by atoms with van der Waals surface area (Å²) in [7, 11) is -0.919. The van der Waals surface area contributed by atoms with E-state index in [1.165, 1.54) is 6.07 Å². The SMILES string of the molecule is C=S(=O)(Cc1cncc(-c2ccc3ncnc(N4CCN(C)CC4)c3c2)c1)c1ccc(F)cc1F. The Balaban J connectivity index is 1.47. The molecule has 1 aliphatic heterocycles. The third kappa shape index (κ3) is 4.87. The van der Waals surface area contributed by atoms with Crippen LogP contribution in [0.2, 0.25) is 0 Å².